The zero-order chi connectivity index (χ0) is 25.7. The van der Waals surface area contributed by atoms with E-state index < -0.39 is 44.8 Å². The molecule has 0 spiro atoms. The number of anilines is 1. The third-order valence-electron chi connectivity index (χ3n) is 4.37. The fraction of sp³-hybridized carbons (Fsp3) is 0.238. The largest absolute Gasteiger partial charge is 0.508 e. The Labute approximate surface area is 193 Å². The number of ether oxygens (including phenoxy) is 3. The summed E-state index contributed by atoms with van der Waals surface area (Å²) in [4.78, 5) is 22.8. The Morgan fingerprint density at radius 1 is 1.06 bits per heavy atom. The molecule has 0 aromatic heterocycles. The van der Waals surface area contributed by atoms with Crippen LogP contribution in [0.15, 0.2) is 35.7 Å². The fourth-order valence-corrected chi connectivity index (χ4v) is 3.82. The van der Waals surface area contributed by atoms with Crippen molar-refractivity contribution in [2.24, 2.45) is 0 Å². The summed E-state index contributed by atoms with van der Waals surface area (Å²) in [5.41, 5.74) is -0.272. The van der Waals surface area contributed by atoms with Crippen LogP contribution < -0.4 is 14.8 Å². The van der Waals surface area contributed by atoms with Crippen molar-refractivity contribution in [3.63, 3.8) is 0 Å². The van der Waals surface area contributed by atoms with E-state index in [0.29, 0.717) is 7.11 Å². The Kier molecular flexibility index (Phi) is 8.05. The number of alkyl halides is 2. The van der Waals surface area contributed by atoms with E-state index >= 15 is 0 Å². The number of rotatable bonds is 9. The molecule has 0 heterocycles. The van der Waals surface area contributed by atoms with Gasteiger partial charge in [-0.2, -0.15) is 8.78 Å². The number of esters is 1. The van der Waals surface area contributed by atoms with E-state index in [1.54, 1.807) is 5.32 Å². The van der Waals surface area contributed by atoms with Gasteiger partial charge in [0.1, 0.15) is 23.0 Å². The van der Waals surface area contributed by atoms with Gasteiger partial charge in [0.25, 0.3) is 0 Å². The highest BCUT2D eigenvalue weighted by Crippen LogP contribution is 2.35. The molecule has 2 aromatic carbocycles. The number of carbonyl (C=O) groups excluding carboxylic acids is 2. The Hall–Kier alpha value is -3.87. The van der Waals surface area contributed by atoms with Crippen LogP contribution in [0.4, 0.5) is 14.5 Å². The Morgan fingerprint density at radius 3 is 2.18 bits per heavy atom. The molecule has 1 amide bonds. The average molecular weight is 501 g/mol. The Morgan fingerprint density at radius 2 is 1.65 bits per heavy atom. The van der Waals surface area contributed by atoms with Crippen molar-refractivity contribution in [1.82, 2.24) is 0 Å². The normalized spacial score (nSPS) is 11.8. The van der Waals surface area contributed by atoms with Crippen LogP contribution in [0.2, 0.25) is 0 Å². The molecule has 0 fully saturated rings. The summed E-state index contributed by atoms with van der Waals surface area (Å²) in [5, 5.41) is 22.1. The van der Waals surface area contributed by atoms with Crippen LogP contribution in [0.1, 0.15) is 11.1 Å². The molecule has 0 saturated heterocycles. The topological polar surface area (TPSA) is 148 Å². The molecule has 0 aliphatic carbocycles. The first kappa shape index (κ1) is 26.4. The minimum absolute atomic E-state index is 0.0313. The highest BCUT2D eigenvalue weighted by Gasteiger charge is 2.49. The summed E-state index contributed by atoms with van der Waals surface area (Å²) in [6, 6.07) is 5.68. The van der Waals surface area contributed by atoms with Gasteiger partial charge in [-0.1, -0.05) is 6.07 Å². The predicted octanol–water partition coefficient (Wildman–Crippen LogP) is 2.45. The van der Waals surface area contributed by atoms with Gasteiger partial charge in [-0.15, -0.1) is 0 Å². The maximum absolute atomic E-state index is 13.7. The monoisotopic (exact) mass is 501 g/mol. The number of hydrogen-bond acceptors (Lipinski definition) is 9. The minimum Gasteiger partial charge on any atom is -0.508 e. The van der Waals surface area contributed by atoms with Gasteiger partial charge in [-0.3, -0.25) is 4.79 Å². The average Bonchev–Trinajstić information content (AvgIpc) is 2.78. The van der Waals surface area contributed by atoms with E-state index in [1.165, 1.54) is 38.5 Å². The predicted molar refractivity (Wildman–Crippen MR) is 117 cm³/mol. The molecule has 2 aromatic rings. The number of aromatic hydroxyl groups is 2. The molecular weight excluding hydrogens is 480 g/mol. The number of amides is 1. The van der Waals surface area contributed by atoms with Crippen LogP contribution in [-0.2, 0) is 29.9 Å². The lowest BCUT2D eigenvalue weighted by Crippen LogP contribution is -2.42. The molecule has 2 rings (SSSR count). The van der Waals surface area contributed by atoms with Crippen LogP contribution in [0, 0.1) is 0 Å². The van der Waals surface area contributed by atoms with Gasteiger partial charge in [0, 0.05) is 17.5 Å². The molecule has 0 atom stereocenters. The first-order valence-electron chi connectivity index (χ1n) is 9.30. The third kappa shape index (κ3) is 6.13. The van der Waals surface area contributed by atoms with Gasteiger partial charge in [-0.25, -0.2) is 13.2 Å². The number of sulfone groups is 1. The fourth-order valence-electron chi connectivity index (χ4n) is 2.74. The first-order valence-corrected chi connectivity index (χ1v) is 11.0. The molecule has 13 heteroatoms. The summed E-state index contributed by atoms with van der Waals surface area (Å²) in [7, 11) is -0.667. The first-order chi connectivity index (χ1) is 15.8. The smallest absolute Gasteiger partial charge is 0.419 e. The SMILES string of the molecule is COC(=O)C(F)(F)C(=O)Nc1cc(CS(=O)(=O)/C=C/c2c(OC)cc(O)cc2OC)ccc1O. The van der Waals surface area contributed by atoms with Gasteiger partial charge in [0.05, 0.1) is 38.3 Å². The number of methoxy groups -OCH3 is 3. The summed E-state index contributed by atoms with van der Waals surface area (Å²) in [5.74, 6) is -9.85. The maximum atomic E-state index is 13.7. The molecule has 0 aliphatic rings. The van der Waals surface area contributed by atoms with Crippen LogP contribution >= 0.6 is 0 Å². The maximum Gasteiger partial charge on any atom is 0.419 e. The minimum atomic E-state index is -4.53. The van der Waals surface area contributed by atoms with Crippen LogP contribution in [0.3, 0.4) is 0 Å². The van der Waals surface area contributed by atoms with Crippen LogP contribution in [-0.4, -0.2) is 57.8 Å². The molecule has 0 saturated carbocycles. The lowest BCUT2D eigenvalue weighted by Gasteiger charge is -2.15. The Bertz CT molecular complexity index is 1200. The number of hydrogen-bond donors (Lipinski definition) is 3. The summed E-state index contributed by atoms with van der Waals surface area (Å²) < 4.78 is 66.7. The lowest BCUT2D eigenvalue weighted by atomic mass is 10.1. The van der Waals surface area contributed by atoms with Crippen molar-refractivity contribution >= 4 is 33.5 Å². The van der Waals surface area contributed by atoms with Gasteiger partial charge < -0.3 is 29.7 Å². The standard InChI is InChI=1S/C21H21F2NO9S/c1-31-17-9-13(25)10-18(32-2)14(17)6-7-34(29,30)11-12-4-5-16(26)15(8-12)24-19(27)21(22,23)20(28)33-3/h4-10,25-26H,11H2,1-3H3,(H,24,27)/b7-6+. The zero-order valence-electron chi connectivity index (χ0n) is 18.2. The van der Waals surface area contributed by atoms with Gasteiger partial charge in [0.15, 0.2) is 9.84 Å². The van der Waals surface area contributed by atoms with Crippen LogP contribution in [0.25, 0.3) is 6.08 Å². The Balaban J connectivity index is 2.29. The number of benzene rings is 2. The summed E-state index contributed by atoms with van der Waals surface area (Å²) in [6.07, 6.45) is 1.19. The highest BCUT2D eigenvalue weighted by atomic mass is 32.2. The molecule has 34 heavy (non-hydrogen) atoms. The second-order valence-corrected chi connectivity index (χ2v) is 8.63. The number of nitrogens with one attached hydrogen (secondary N) is 1. The zero-order valence-corrected chi connectivity index (χ0v) is 19.0. The second-order valence-electron chi connectivity index (χ2n) is 6.75. The molecule has 0 radical (unpaired) electrons. The van der Waals surface area contributed by atoms with E-state index in [9.17, 15) is 37.0 Å². The second kappa shape index (κ2) is 10.4. The molecule has 0 unspecified atom stereocenters. The number of phenolic OH excluding ortho intramolecular Hbond substituents is 2. The summed E-state index contributed by atoms with van der Waals surface area (Å²) in [6.45, 7) is 0. The molecule has 3 N–H and O–H groups in total. The van der Waals surface area contributed by atoms with Gasteiger partial charge >= 0.3 is 17.8 Å². The molecular formula is C21H21F2NO9S. The number of phenols is 2. The van der Waals surface area contributed by atoms with Crippen molar-refractivity contribution < 1.29 is 51.2 Å². The molecule has 0 aliphatic heterocycles. The number of halogens is 2. The van der Waals surface area contributed by atoms with Gasteiger partial charge in [-0.05, 0) is 23.8 Å². The van der Waals surface area contributed by atoms with Crippen molar-refractivity contribution in [3.05, 3.63) is 46.9 Å². The van der Waals surface area contributed by atoms with E-state index in [-0.39, 0.29) is 28.4 Å². The van der Waals surface area contributed by atoms with Crippen molar-refractivity contribution in [1.29, 1.82) is 0 Å². The van der Waals surface area contributed by atoms with Crippen LogP contribution in [0.5, 0.6) is 23.0 Å². The summed E-state index contributed by atoms with van der Waals surface area (Å²) >= 11 is 0. The van der Waals surface area contributed by atoms with Crippen molar-refractivity contribution in [2.45, 2.75) is 11.7 Å². The van der Waals surface area contributed by atoms with Crippen molar-refractivity contribution in [2.75, 3.05) is 26.6 Å². The van der Waals surface area contributed by atoms with E-state index in [2.05, 4.69) is 4.74 Å². The highest BCUT2D eigenvalue weighted by molar-refractivity contribution is 7.93. The lowest BCUT2D eigenvalue weighted by molar-refractivity contribution is -0.173. The quantitative estimate of drug-likeness (QED) is 0.268. The van der Waals surface area contributed by atoms with E-state index in [1.807, 2.05) is 0 Å². The molecule has 184 valence electrons. The number of carbonyl (C=O) groups is 2. The van der Waals surface area contributed by atoms with E-state index in [4.69, 9.17) is 9.47 Å². The van der Waals surface area contributed by atoms with Gasteiger partial charge in [0.2, 0.25) is 0 Å². The molecule has 0 bridgehead atoms. The molecule has 10 nitrogen and oxygen atoms in total. The third-order valence-corrected chi connectivity index (χ3v) is 5.66. The van der Waals surface area contributed by atoms with Crippen molar-refractivity contribution in [3.8, 4) is 23.0 Å². The van der Waals surface area contributed by atoms with E-state index in [0.717, 1.165) is 17.5 Å².